The van der Waals surface area contributed by atoms with Crippen LogP contribution in [0.1, 0.15) is 264 Å². The van der Waals surface area contributed by atoms with Gasteiger partial charge in [0.25, 0.3) is 0 Å². The van der Waals surface area contributed by atoms with Crippen LogP contribution in [0.5, 0.6) is 0 Å². The molecule has 0 radical (unpaired) electrons. The molecule has 0 spiro atoms. The molecule has 304 valence electrons. The molecule has 3 N–H and O–H groups in total. The van der Waals surface area contributed by atoms with Crippen molar-refractivity contribution in [2.24, 2.45) is 0 Å². The van der Waals surface area contributed by atoms with Gasteiger partial charge in [-0.3, -0.25) is 4.79 Å². The van der Waals surface area contributed by atoms with Crippen LogP contribution in [0.2, 0.25) is 0 Å². The smallest absolute Gasteiger partial charge is 0.220 e. The molecule has 0 heterocycles. The molecule has 0 aliphatic heterocycles. The van der Waals surface area contributed by atoms with Gasteiger partial charge in [0.05, 0.1) is 18.8 Å². The molecule has 2 unspecified atom stereocenters. The number of aliphatic hydroxyl groups is 2. The minimum atomic E-state index is -0.656. The Morgan fingerprint density at radius 3 is 1.08 bits per heavy atom. The average Bonchev–Trinajstić information content (AvgIpc) is 3.13. The normalized spacial score (nSPS) is 12.9. The highest BCUT2D eigenvalue weighted by Crippen LogP contribution is 2.16. The zero-order valence-corrected chi connectivity index (χ0v) is 34.9. The molecule has 0 saturated heterocycles. The molecule has 0 bridgehead atoms. The maximum Gasteiger partial charge on any atom is 0.220 e. The summed E-state index contributed by atoms with van der Waals surface area (Å²) >= 11 is 0. The number of nitrogens with one attached hydrogen (secondary N) is 1. The standard InChI is InChI=1S/C47H93NO3/c1-3-5-7-9-11-13-15-17-18-19-20-21-22-23-24-25-26-27-28-29-31-33-35-37-39-41-43-47(51)48-45(44-49)46(50)42-40-38-36-34-32-30-16-14-12-10-8-6-4-2/h23-24,45-46,49-50H,3-22,25-44H2,1-2H3,(H,48,51)/b24-23-. The predicted octanol–water partition coefficient (Wildman–Crippen LogP) is 14.6. The molecule has 4 heteroatoms. The molecule has 0 aromatic carbocycles. The van der Waals surface area contributed by atoms with Gasteiger partial charge in [0.1, 0.15) is 0 Å². The summed E-state index contributed by atoms with van der Waals surface area (Å²) in [5.41, 5.74) is 0. The van der Waals surface area contributed by atoms with Gasteiger partial charge in [0.2, 0.25) is 5.91 Å². The second kappa shape index (κ2) is 43.5. The number of amides is 1. The van der Waals surface area contributed by atoms with Crippen molar-refractivity contribution >= 4 is 5.91 Å². The van der Waals surface area contributed by atoms with Crippen LogP contribution in [0.25, 0.3) is 0 Å². The first-order valence-electron chi connectivity index (χ1n) is 23.4. The first kappa shape index (κ1) is 50.1. The van der Waals surface area contributed by atoms with Crippen molar-refractivity contribution in [2.45, 2.75) is 276 Å². The van der Waals surface area contributed by atoms with Gasteiger partial charge in [-0.05, 0) is 38.5 Å². The van der Waals surface area contributed by atoms with E-state index in [1.165, 1.54) is 212 Å². The van der Waals surface area contributed by atoms with Gasteiger partial charge < -0.3 is 15.5 Å². The van der Waals surface area contributed by atoms with Crippen LogP contribution < -0.4 is 5.32 Å². The Bertz CT molecular complexity index is 695. The summed E-state index contributed by atoms with van der Waals surface area (Å²) in [5, 5.41) is 23.2. The number of aliphatic hydroxyl groups excluding tert-OH is 2. The number of unbranched alkanes of at least 4 members (excludes halogenated alkanes) is 34. The van der Waals surface area contributed by atoms with E-state index in [0.29, 0.717) is 12.8 Å². The van der Waals surface area contributed by atoms with Crippen LogP contribution >= 0.6 is 0 Å². The minimum Gasteiger partial charge on any atom is -0.394 e. The van der Waals surface area contributed by atoms with Gasteiger partial charge in [-0.25, -0.2) is 0 Å². The highest BCUT2D eigenvalue weighted by molar-refractivity contribution is 5.76. The Hall–Kier alpha value is -0.870. The molecule has 1 amide bonds. The summed E-state index contributed by atoms with van der Waals surface area (Å²) in [5.74, 6) is -0.0300. The summed E-state index contributed by atoms with van der Waals surface area (Å²) in [6, 6.07) is -0.532. The third-order valence-electron chi connectivity index (χ3n) is 11.0. The zero-order chi connectivity index (χ0) is 37.1. The van der Waals surface area contributed by atoms with E-state index >= 15 is 0 Å². The Kier molecular flexibility index (Phi) is 42.8. The monoisotopic (exact) mass is 720 g/mol. The van der Waals surface area contributed by atoms with Crippen molar-refractivity contribution in [1.29, 1.82) is 0 Å². The number of hydrogen-bond acceptors (Lipinski definition) is 3. The van der Waals surface area contributed by atoms with E-state index in [4.69, 9.17) is 0 Å². The number of hydrogen-bond donors (Lipinski definition) is 3. The predicted molar refractivity (Wildman–Crippen MR) is 226 cm³/mol. The van der Waals surface area contributed by atoms with Crippen molar-refractivity contribution in [2.75, 3.05) is 6.61 Å². The molecular formula is C47H93NO3. The maximum absolute atomic E-state index is 12.4. The highest BCUT2D eigenvalue weighted by Gasteiger charge is 2.20. The van der Waals surface area contributed by atoms with Gasteiger partial charge >= 0.3 is 0 Å². The lowest BCUT2D eigenvalue weighted by Crippen LogP contribution is -2.45. The largest absolute Gasteiger partial charge is 0.394 e. The summed E-state index contributed by atoms with van der Waals surface area (Å²) < 4.78 is 0. The van der Waals surface area contributed by atoms with E-state index in [1.807, 2.05) is 0 Å². The third-order valence-corrected chi connectivity index (χ3v) is 11.0. The lowest BCUT2D eigenvalue weighted by atomic mass is 10.0. The summed E-state index contributed by atoms with van der Waals surface area (Å²) in [4.78, 5) is 12.4. The first-order valence-corrected chi connectivity index (χ1v) is 23.4. The van der Waals surface area contributed by atoms with E-state index in [1.54, 1.807) is 0 Å². The number of allylic oxidation sites excluding steroid dienone is 2. The van der Waals surface area contributed by atoms with Crippen LogP contribution in [0, 0.1) is 0 Å². The van der Waals surface area contributed by atoms with Crippen LogP contribution in [-0.2, 0) is 4.79 Å². The first-order chi connectivity index (χ1) is 25.2. The molecule has 0 saturated carbocycles. The van der Waals surface area contributed by atoms with E-state index < -0.39 is 12.1 Å². The molecule has 0 aliphatic carbocycles. The molecule has 0 aliphatic rings. The average molecular weight is 720 g/mol. The Labute approximate surface area is 320 Å². The van der Waals surface area contributed by atoms with Crippen LogP contribution in [0.15, 0.2) is 12.2 Å². The number of rotatable bonds is 43. The number of carbonyl (C=O) groups is 1. The van der Waals surface area contributed by atoms with Gasteiger partial charge in [-0.2, -0.15) is 0 Å². The van der Waals surface area contributed by atoms with Gasteiger partial charge in [0, 0.05) is 6.42 Å². The number of carbonyl (C=O) groups excluding carboxylic acids is 1. The molecule has 2 atom stereocenters. The summed E-state index contributed by atoms with van der Waals surface area (Å²) in [6.07, 6.45) is 54.5. The fourth-order valence-electron chi connectivity index (χ4n) is 7.42. The Morgan fingerprint density at radius 2 is 0.745 bits per heavy atom. The zero-order valence-electron chi connectivity index (χ0n) is 34.9. The van der Waals surface area contributed by atoms with E-state index in [2.05, 4.69) is 31.3 Å². The quantitative estimate of drug-likeness (QED) is 0.0434. The molecule has 51 heavy (non-hydrogen) atoms. The topological polar surface area (TPSA) is 69.6 Å². The van der Waals surface area contributed by atoms with E-state index in [9.17, 15) is 15.0 Å². The lowest BCUT2D eigenvalue weighted by molar-refractivity contribution is -0.123. The van der Waals surface area contributed by atoms with Crippen LogP contribution in [0.4, 0.5) is 0 Å². The molecule has 0 aromatic heterocycles. The fourth-order valence-corrected chi connectivity index (χ4v) is 7.42. The summed E-state index contributed by atoms with van der Waals surface area (Å²) in [6.45, 7) is 4.37. The van der Waals surface area contributed by atoms with Crippen molar-refractivity contribution in [1.82, 2.24) is 5.32 Å². The van der Waals surface area contributed by atoms with Crippen molar-refractivity contribution in [3.63, 3.8) is 0 Å². The van der Waals surface area contributed by atoms with Crippen LogP contribution in [-0.4, -0.2) is 34.9 Å². The molecule has 0 fully saturated rings. The van der Waals surface area contributed by atoms with Crippen molar-refractivity contribution < 1.29 is 15.0 Å². The molecular weight excluding hydrogens is 627 g/mol. The minimum absolute atomic E-state index is 0.0300. The maximum atomic E-state index is 12.4. The van der Waals surface area contributed by atoms with Crippen LogP contribution in [0.3, 0.4) is 0 Å². The molecule has 4 nitrogen and oxygen atoms in total. The van der Waals surface area contributed by atoms with Crippen molar-refractivity contribution in [3.05, 3.63) is 12.2 Å². The lowest BCUT2D eigenvalue weighted by Gasteiger charge is -2.22. The highest BCUT2D eigenvalue weighted by atomic mass is 16.3. The SMILES string of the molecule is CCCCCCCCCCCCCC/C=C\CCCCCCCCCCCCC(=O)NC(CO)C(O)CCCCCCCCCCCCCCC. The van der Waals surface area contributed by atoms with Crippen molar-refractivity contribution in [3.8, 4) is 0 Å². The fraction of sp³-hybridized carbons (Fsp3) is 0.936. The third kappa shape index (κ3) is 40.2. The van der Waals surface area contributed by atoms with Gasteiger partial charge in [-0.15, -0.1) is 0 Å². The Morgan fingerprint density at radius 1 is 0.451 bits per heavy atom. The second-order valence-electron chi connectivity index (χ2n) is 16.2. The van der Waals surface area contributed by atoms with E-state index in [0.717, 1.165) is 25.7 Å². The second-order valence-corrected chi connectivity index (χ2v) is 16.2. The van der Waals surface area contributed by atoms with Gasteiger partial charge in [0.15, 0.2) is 0 Å². The molecule has 0 rings (SSSR count). The molecule has 0 aromatic rings. The van der Waals surface area contributed by atoms with E-state index in [-0.39, 0.29) is 12.5 Å². The van der Waals surface area contributed by atoms with Gasteiger partial charge in [-0.1, -0.05) is 231 Å². The summed E-state index contributed by atoms with van der Waals surface area (Å²) in [7, 11) is 0. The Balaban J connectivity index is 3.45.